The number of benzene rings is 3. The monoisotopic (exact) mass is 615 g/mol. The molecule has 1 atom stereocenters. The minimum atomic E-state index is -0.0972. The van der Waals surface area contributed by atoms with Crippen LogP contribution in [0.4, 0.5) is 10.1 Å². The van der Waals surface area contributed by atoms with Gasteiger partial charge in [0, 0.05) is 36.9 Å². The van der Waals surface area contributed by atoms with Gasteiger partial charge in [0.25, 0.3) is 5.91 Å². The Hall–Kier alpha value is -3.70. The minimum Gasteiger partial charge on any atom is -0.385 e. The molecular weight excluding hydrogens is 557 g/mol. The molecular formula is C40H58FN3O. The van der Waals surface area contributed by atoms with Gasteiger partial charge in [-0.15, -0.1) is 0 Å². The Morgan fingerprint density at radius 2 is 1.67 bits per heavy atom. The zero-order valence-corrected chi connectivity index (χ0v) is 29.4. The third-order valence-corrected chi connectivity index (χ3v) is 7.80. The van der Waals surface area contributed by atoms with Crippen molar-refractivity contribution in [2.75, 3.05) is 25.0 Å². The number of anilines is 1. The van der Waals surface area contributed by atoms with E-state index >= 15 is 0 Å². The van der Waals surface area contributed by atoms with Crippen molar-refractivity contribution in [3.05, 3.63) is 118 Å². The topological polar surface area (TPSA) is 58.4 Å². The van der Waals surface area contributed by atoms with E-state index in [1.54, 1.807) is 12.1 Å². The number of amides is 1. The molecule has 1 heterocycles. The van der Waals surface area contributed by atoms with Crippen LogP contribution in [0.5, 0.6) is 0 Å². The molecule has 0 spiro atoms. The molecule has 45 heavy (non-hydrogen) atoms. The summed E-state index contributed by atoms with van der Waals surface area (Å²) < 4.78 is 12.6. The summed E-state index contributed by atoms with van der Waals surface area (Å²) in [6.07, 6.45) is 6.03. The molecule has 1 unspecified atom stereocenters. The van der Waals surface area contributed by atoms with Crippen molar-refractivity contribution >= 4 is 17.7 Å². The molecule has 1 fully saturated rings. The van der Waals surface area contributed by atoms with Gasteiger partial charge in [-0.25, -0.2) is 4.39 Å². The largest absolute Gasteiger partial charge is 0.385 e. The Balaban J connectivity index is 0.000000359. The third-order valence-electron chi connectivity index (χ3n) is 7.80. The van der Waals surface area contributed by atoms with E-state index in [1.165, 1.54) is 28.3 Å². The number of hydrogen-bond acceptors (Lipinski definition) is 3. The first kappa shape index (κ1) is 39.3. The van der Waals surface area contributed by atoms with Crippen molar-refractivity contribution in [3.63, 3.8) is 0 Å². The fourth-order valence-corrected chi connectivity index (χ4v) is 4.69. The van der Waals surface area contributed by atoms with E-state index in [1.807, 2.05) is 50.8 Å². The second kappa shape index (κ2) is 21.1. The van der Waals surface area contributed by atoms with Crippen LogP contribution in [0.25, 0.3) is 6.08 Å². The van der Waals surface area contributed by atoms with Gasteiger partial charge in [-0.05, 0) is 112 Å². The van der Waals surface area contributed by atoms with Crippen LogP contribution in [0.1, 0.15) is 99.0 Å². The van der Waals surface area contributed by atoms with Crippen LogP contribution >= 0.6 is 0 Å². The van der Waals surface area contributed by atoms with Crippen molar-refractivity contribution in [2.24, 2.45) is 5.73 Å². The highest BCUT2D eigenvalue weighted by Crippen LogP contribution is 2.23. The second-order valence-corrected chi connectivity index (χ2v) is 11.5. The number of nitrogens with zero attached hydrogens (tertiary/aromatic N) is 1. The van der Waals surface area contributed by atoms with E-state index in [0.717, 1.165) is 66.7 Å². The highest BCUT2D eigenvalue weighted by molar-refractivity contribution is 5.95. The van der Waals surface area contributed by atoms with Crippen LogP contribution < -0.4 is 11.1 Å². The Kier molecular flexibility index (Phi) is 18.4. The number of carbonyl (C=O) groups is 1. The van der Waals surface area contributed by atoms with Gasteiger partial charge in [-0.3, -0.25) is 4.79 Å². The molecule has 4 rings (SSSR count). The summed E-state index contributed by atoms with van der Waals surface area (Å²) in [7, 11) is 0. The highest BCUT2D eigenvalue weighted by Gasteiger charge is 2.23. The maximum Gasteiger partial charge on any atom is 0.253 e. The molecule has 0 radical (unpaired) electrons. The lowest BCUT2D eigenvalue weighted by Crippen LogP contribution is -2.45. The summed E-state index contributed by atoms with van der Waals surface area (Å²) in [6, 6.07) is 19.3. The normalized spacial score (nSPS) is 14.1. The number of allylic oxidation sites excluding steroid dienone is 2. The zero-order valence-electron chi connectivity index (χ0n) is 29.4. The van der Waals surface area contributed by atoms with Crippen molar-refractivity contribution in [2.45, 2.75) is 94.0 Å². The van der Waals surface area contributed by atoms with Crippen molar-refractivity contribution in [1.82, 2.24) is 4.90 Å². The quantitative estimate of drug-likeness (QED) is 0.260. The van der Waals surface area contributed by atoms with Crippen LogP contribution in [-0.4, -0.2) is 36.5 Å². The SMILES string of the molecule is C=C(C)/C(C)=C/c1ccccc1C.CC.CCCNc1cc(C(=O)N2CCCC(N)C2)cc(C)c1C.CCc1ccccc1F. The van der Waals surface area contributed by atoms with E-state index in [-0.39, 0.29) is 17.8 Å². The van der Waals surface area contributed by atoms with Crippen LogP contribution in [0.2, 0.25) is 0 Å². The maximum absolute atomic E-state index is 12.7. The number of hydrogen-bond donors (Lipinski definition) is 2. The van der Waals surface area contributed by atoms with Gasteiger partial charge in [0.1, 0.15) is 5.82 Å². The average Bonchev–Trinajstić information content (AvgIpc) is 3.04. The molecule has 0 aromatic heterocycles. The van der Waals surface area contributed by atoms with E-state index in [2.05, 4.69) is 76.9 Å². The smallest absolute Gasteiger partial charge is 0.253 e. The number of aryl methyl sites for hydroxylation is 3. The summed E-state index contributed by atoms with van der Waals surface area (Å²) in [5.41, 5.74) is 15.9. The molecule has 0 bridgehead atoms. The van der Waals surface area contributed by atoms with Crippen molar-refractivity contribution < 1.29 is 9.18 Å². The number of nitrogens with two attached hydrogens (primary N) is 1. The van der Waals surface area contributed by atoms with Crippen molar-refractivity contribution in [3.8, 4) is 0 Å². The predicted molar refractivity (Wildman–Crippen MR) is 195 cm³/mol. The molecule has 0 saturated carbocycles. The summed E-state index contributed by atoms with van der Waals surface area (Å²) in [5, 5.41) is 3.41. The molecule has 3 aromatic rings. The average molecular weight is 616 g/mol. The molecule has 4 nitrogen and oxygen atoms in total. The van der Waals surface area contributed by atoms with Crippen LogP contribution in [-0.2, 0) is 6.42 Å². The predicted octanol–water partition coefficient (Wildman–Crippen LogP) is 10.1. The number of halogens is 1. The molecule has 1 aliphatic rings. The minimum absolute atomic E-state index is 0.0972. The lowest BCUT2D eigenvalue weighted by molar-refractivity contribution is 0.0708. The molecule has 246 valence electrons. The Morgan fingerprint density at radius 3 is 2.22 bits per heavy atom. The number of rotatable bonds is 7. The number of carbonyl (C=O) groups excluding carboxylic acids is 1. The van der Waals surface area contributed by atoms with E-state index < -0.39 is 0 Å². The Labute approximate surface area is 273 Å². The first-order valence-electron chi connectivity index (χ1n) is 16.5. The van der Waals surface area contributed by atoms with Gasteiger partial charge in [0.15, 0.2) is 0 Å². The fourth-order valence-electron chi connectivity index (χ4n) is 4.69. The zero-order chi connectivity index (χ0) is 33.9. The lowest BCUT2D eigenvalue weighted by Gasteiger charge is -2.31. The maximum atomic E-state index is 12.7. The Morgan fingerprint density at radius 1 is 1.02 bits per heavy atom. The van der Waals surface area contributed by atoms with E-state index in [0.29, 0.717) is 6.54 Å². The van der Waals surface area contributed by atoms with Gasteiger partial charge in [-0.2, -0.15) is 0 Å². The molecule has 3 N–H and O–H groups in total. The lowest BCUT2D eigenvalue weighted by atomic mass is 10.0. The molecule has 0 aliphatic carbocycles. The summed E-state index contributed by atoms with van der Waals surface area (Å²) >= 11 is 0. The first-order chi connectivity index (χ1) is 21.5. The van der Waals surface area contributed by atoms with Crippen molar-refractivity contribution in [1.29, 1.82) is 0 Å². The van der Waals surface area contributed by atoms with Crippen LogP contribution in [0.15, 0.2) is 78.4 Å². The molecule has 5 heteroatoms. The van der Waals surface area contributed by atoms with E-state index in [9.17, 15) is 9.18 Å². The summed E-state index contributed by atoms with van der Waals surface area (Å²) in [5.74, 6) is 0.00722. The molecule has 1 saturated heterocycles. The van der Waals surface area contributed by atoms with Crippen LogP contribution in [0, 0.1) is 26.6 Å². The number of likely N-dealkylation sites (tertiary alicyclic amines) is 1. The van der Waals surface area contributed by atoms with Gasteiger partial charge < -0.3 is 16.0 Å². The summed E-state index contributed by atoms with van der Waals surface area (Å²) in [4.78, 5) is 14.6. The number of nitrogens with one attached hydrogen (secondary N) is 1. The van der Waals surface area contributed by atoms with E-state index in [4.69, 9.17) is 5.73 Å². The number of piperidine rings is 1. The standard InChI is InChI=1S/C17H27N3O.C13H16.C8H9F.C2H6/c1-4-7-19-16-10-14(9-12(2)13(16)3)17(21)20-8-5-6-15(18)11-20;1-10(2)12(4)9-13-8-6-5-7-11(13)3;1-2-7-5-3-4-6-8(7)9;1-2/h9-10,15,19H,4-8,11,18H2,1-3H3;5-9H,1H2,2-4H3;3-6H,2H2,1H3;1-2H3/b;12-9+;;. The fraction of sp³-hybridized carbons (Fsp3) is 0.425. The van der Waals surface area contributed by atoms with Gasteiger partial charge >= 0.3 is 0 Å². The van der Waals surface area contributed by atoms with Crippen LogP contribution in [0.3, 0.4) is 0 Å². The van der Waals surface area contributed by atoms with Gasteiger partial charge in [-0.1, -0.05) is 88.4 Å². The van der Waals surface area contributed by atoms with Gasteiger partial charge in [0.2, 0.25) is 0 Å². The molecule has 1 aliphatic heterocycles. The highest BCUT2D eigenvalue weighted by atomic mass is 19.1. The summed E-state index contributed by atoms with van der Waals surface area (Å²) in [6.45, 7) is 24.8. The second-order valence-electron chi connectivity index (χ2n) is 11.5. The third kappa shape index (κ3) is 13.4. The van der Waals surface area contributed by atoms with Gasteiger partial charge in [0.05, 0.1) is 0 Å². The Bertz CT molecular complexity index is 1380. The molecule has 1 amide bonds. The first-order valence-corrected chi connectivity index (χ1v) is 16.5. The molecule has 3 aromatic carbocycles.